The molecule has 0 saturated carbocycles. The summed E-state index contributed by atoms with van der Waals surface area (Å²) in [6, 6.07) is 17.8. The van der Waals surface area contributed by atoms with Gasteiger partial charge in [-0.3, -0.25) is 0 Å². The molecule has 2 nitrogen and oxygen atoms in total. The first-order chi connectivity index (χ1) is 17.8. The molecule has 1 heterocycles. The molecule has 0 N–H and O–H groups in total. The molecule has 0 atom stereocenters. The molecule has 3 aromatic rings. The van der Waals surface area contributed by atoms with E-state index in [1.165, 1.54) is 119 Å². The maximum atomic E-state index is 4.65. The van der Waals surface area contributed by atoms with Crippen molar-refractivity contribution in [3.05, 3.63) is 72.1 Å². The second-order valence-corrected chi connectivity index (χ2v) is 10.4. The monoisotopic (exact) mass is 484 g/mol. The number of nitrogens with zero attached hydrogens (tertiary/aromatic N) is 2. The Bertz CT molecular complexity index is 942. The zero-order valence-corrected chi connectivity index (χ0v) is 23.0. The third kappa shape index (κ3) is 10.2. The predicted molar refractivity (Wildman–Crippen MR) is 156 cm³/mol. The summed E-state index contributed by atoms with van der Waals surface area (Å²) in [4.78, 5) is 9.31. The van der Waals surface area contributed by atoms with Crippen molar-refractivity contribution in [3.63, 3.8) is 0 Å². The van der Waals surface area contributed by atoms with E-state index in [1.54, 1.807) is 0 Å². The van der Waals surface area contributed by atoms with Gasteiger partial charge in [-0.05, 0) is 47.9 Å². The SMILES string of the molecule is CCCCCCCCCCc1cnc(-c2ccc(-c3ccc(CCCCCCCC)cc3)cc2)nc1. The average Bonchev–Trinajstić information content (AvgIpc) is 2.93. The van der Waals surface area contributed by atoms with Crippen LogP contribution in [0.5, 0.6) is 0 Å². The maximum Gasteiger partial charge on any atom is 0.159 e. The summed E-state index contributed by atoms with van der Waals surface area (Å²) >= 11 is 0. The topological polar surface area (TPSA) is 25.8 Å². The highest BCUT2D eigenvalue weighted by Crippen LogP contribution is 2.24. The van der Waals surface area contributed by atoms with E-state index < -0.39 is 0 Å². The third-order valence-electron chi connectivity index (χ3n) is 7.27. The summed E-state index contributed by atoms with van der Waals surface area (Å²) in [5, 5.41) is 0. The van der Waals surface area contributed by atoms with Gasteiger partial charge in [-0.1, -0.05) is 139 Å². The average molecular weight is 485 g/mol. The molecule has 2 heteroatoms. The van der Waals surface area contributed by atoms with Crippen LogP contribution in [0, 0.1) is 0 Å². The molecule has 0 radical (unpaired) electrons. The summed E-state index contributed by atoms with van der Waals surface area (Å²) < 4.78 is 0. The molecule has 0 unspecified atom stereocenters. The Labute approximate surface area is 221 Å². The van der Waals surface area contributed by atoms with Crippen LogP contribution in [0.2, 0.25) is 0 Å². The lowest BCUT2D eigenvalue weighted by molar-refractivity contribution is 0.575. The standard InChI is InChI=1S/C34H48N2/c1-3-5-7-9-11-12-14-16-18-30-27-35-34(36-28-30)33-25-23-32(24-26-33)31-21-19-29(20-22-31)17-15-13-10-8-6-4-2/h19-28H,3-18H2,1-2H3. The molecule has 194 valence electrons. The van der Waals surface area contributed by atoms with Crippen LogP contribution in [-0.4, -0.2) is 9.97 Å². The van der Waals surface area contributed by atoms with Gasteiger partial charge >= 0.3 is 0 Å². The van der Waals surface area contributed by atoms with Gasteiger partial charge in [-0.15, -0.1) is 0 Å². The zero-order chi connectivity index (χ0) is 25.3. The van der Waals surface area contributed by atoms with Gasteiger partial charge in [0.15, 0.2) is 5.82 Å². The van der Waals surface area contributed by atoms with Gasteiger partial charge in [-0.2, -0.15) is 0 Å². The minimum absolute atomic E-state index is 0.815. The lowest BCUT2D eigenvalue weighted by Gasteiger charge is -2.07. The number of aryl methyl sites for hydroxylation is 2. The fourth-order valence-corrected chi connectivity index (χ4v) is 4.88. The first-order valence-electron chi connectivity index (χ1n) is 14.8. The van der Waals surface area contributed by atoms with Gasteiger partial charge in [0.05, 0.1) is 0 Å². The van der Waals surface area contributed by atoms with Gasteiger partial charge < -0.3 is 0 Å². The first kappa shape index (κ1) is 28.1. The highest BCUT2D eigenvalue weighted by Gasteiger charge is 2.04. The molecule has 0 fully saturated rings. The second kappa shape index (κ2) is 17.1. The largest absolute Gasteiger partial charge is 0.236 e. The van der Waals surface area contributed by atoms with Crippen LogP contribution in [0.15, 0.2) is 60.9 Å². The van der Waals surface area contributed by atoms with E-state index in [4.69, 9.17) is 0 Å². The Hall–Kier alpha value is -2.48. The van der Waals surface area contributed by atoms with Crippen molar-refractivity contribution in [2.24, 2.45) is 0 Å². The number of unbranched alkanes of at least 4 members (excludes halogenated alkanes) is 12. The highest BCUT2D eigenvalue weighted by atomic mass is 14.9. The predicted octanol–water partition coefficient (Wildman–Crippen LogP) is 10.4. The van der Waals surface area contributed by atoms with Crippen LogP contribution >= 0.6 is 0 Å². The van der Waals surface area contributed by atoms with Crippen molar-refractivity contribution in [3.8, 4) is 22.5 Å². The van der Waals surface area contributed by atoms with Crippen LogP contribution < -0.4 is 0 Å². The molecule has 3 rings (SSSR count). The highest BCUT2D eigenvalue weighted by molar-refractivity contribution is 5.67. The Morgan fingerprint density at radius 2 is 0.806 bits per heavy atom. The van der Waals surface area contributed by atoms with E-state index in [0.29, 0.717) is 0 Å². The third-order valence-corrected chi connectivity index (χ3v) is 7.27. The van der Waals surface area contributed by atoms with Crippen LogP contribution in [0.3, 0.4) is 0 Å². The molecular formula is C34H48N2. The summed E-state index contributed by atoms with van der Waals surface area (Å²) in [5.74, 6) is 0.815. The molecule has 0 aliphatic rings. The lowest BCUT2D eigenvalue weighted by atomic mass is 10.00. The summed E-state index contributed by atoms with van der Waals surface area (Å²) in [7, 11) is 0. The Kier molecular flexibility index (Phi) is 13.3. The van der Waals surface area contributed by atoms with Gasteiger partial charge in [-0.25, -0.2) is 9.97 Å². The summed E-state index contributed by atoms with van der Waals surface area (Å²) in [6.45, 7) is 4.55. The normalized spacial score (nSPS) is 11.2. The maximum absolute atomic E-state index is 4.65. The summed E-state index contributed by atoms with van der Waals surface area (Å²) in [6.07, 6.45) is 25.2. The number of benzene rings is 2. The van der Waals surface area contributed by atoms with Crippen molar-refractivity contribution in [2.75, 3.05) is 0 Å². The second-order valence-electron chi connectivity index (χ2n) is 10.4. The molecule has 2 aromatic carbocycles. The van der Waals surface area contributed by atoms with Crippen molar-refractivity contribution in [2.45, 2.75) is 117 Å². The van der Waals surface area contributed by atoms with Crippen molar-refractivity contribution >= 4 is 0 Å². The van der Waals surface area contributed by atoms with Gasteiger partial charge in [0.2, 0.25) is 0 Å². The van der Waals surface area contributed by atoms with Crippen LogP contribution in [0.25, 0.3) is 22.5 Å². The number of rotatable bonds is 18. The molecule has 1 aromatic heterocycles. The first-order valence-corrected chi connectivity index (χ1v) is 14.8. The van der Waals surface area contributed by atoms with E-state index in [-0.39, 0.29) is 0 Å². The van der Waals surface area contributed by atoms with E-state index in [0.717, 1.165) is 17.8 Å². The van der Waals surface area contributed by atoms with Crippen LogP contribution in [0.4, 0.5) is 0 Å². The van der Waals surface area contributed by atoms with E-state index in [2.05, 4.69) is 72.3 Å². The zero-order valence-electron chi connectivity index (χ0n) is 23.0. The molecule has 0 spiro atoms. The van der Waals surface area contributed by atoms with Gasteiger partial charge in [0.1, 0.15) is 0 Å². The van der Waals surface area contributed by atoms with E-state index in [9.17, 15) is 0 Å². The molecule has 36 heavy (non-hydrogen) atoms. The molecule has 0 saturated heterocycles. The smallest absolute Gasteiger partial charge is 0.159 e. The summed E-state index contributed by atoms with van der Waals surface area (Å²) in [5.41, 5.74) is 6.30. The Morgan fingerprint density at radius 3 is 1.31 bits per heavy atom. The van der Waals surface area contributed by atoms with E-state index >= 15 is 0 Å². The van der Waals surface area contributed by atoms with Crippen molar-refractivity contribution in [1.29, 1.82) is 0 Å². The van der Waals surface area contributed by atoms with Crippen molar-refractivity contribution < 1.29 is 0 Å². The van der Waals surface area contributed by atoms with Crippen molar-refractivity contribution in [1.82, 2.24) is 9.97 Å². The van der Waals surface area contributed by atoms with Crippen LogP contribution in [0.1, 0.15) is 115 Å². The molecular weight excluding hydrogens is 436 g/mol. The lowest BCUT2D eigenvalue weighted by Crippen LogP contribution is -1.93. The quantitative estimate of drug-likeness (QED) is 0.168. The minimum atomic E-state index is 0.815. The number of hydrogen-bond acceptors (Lipinski definition) is 2. The van der Waals surface area contributed by atoms with Gasteiger partial charge in [0, 0.05) is 18.0 Å². The number of aromatic nitrogens is 2. The fourth-order valence-electron chi connectivity index (χ4n) is 4.88. The number of hydrogen-bond donors (Lipinski definition) is 0. The van der Waals surface area contributed by atoms with E-state index in [1.807, 2.05) is 12.4 Å². The minimum Gasteiger partial charge on any atom is -0.236 e. The Balaban J connectivity index is 1.41. The van der Waals surface area contributed by atoms with Gasteiger partial charge in [0.25, 0.3) is 0 Å². The molecule has 0 bridgehead atoms. The molecule has 0 amide bonds. The van der Waals surface area contributed by atoms with Crippen LogP contribution in [-0.2, 0) is 12.8 Å². The Morgan fingerprint density at radius 1 is 0.417 bits per heavy atom. The molecule has 0 aliphatic heterocycles. The molecule has 0 aliphatic carbocycles. The fraction of sp³-hybridized carbons (Fsp3) is 0.529.